The molecule has 0 unspecified atom stereocenters. The molecule has 3 nitrogen and oxygen atoms in total. The Labute approximate surface area is 98.2 Å². The van der Waals surface area contributed by atoms with Crippen LogP contribution in [0.4, 0.5) is 0 Å². The summed E-state index contributed by atoms with van der Waals surface area (Å²) in [5.74, 6) is -0.389. The van der Waals surface area contributed by atoms with Crippen molar-refractivity contribution < 1.29 is 4.79 Å². The molecule has 0 aliphatic rings. The van der Waals surface area contributed by atoms with Gasteiger partial charge in [-0.15, -0.1) is 0 Å². The Bertz CT molecular complexity index is 740. The maximum Gasteiger partial charge on any atom is 0.251 e. The quantitative estimate of drug-likeness (QED) is 0.656. The van der Waals surface area contributed by atoms with Gasteiger partial charge in [0.2, 0.25) is 0 Å². The second-order valence-corrected chi connectivity index (χ2v) is 4.21. The number of rotatable bonds is 1. The highest BCUT2D eigenvalue weighted by atomic mass is 16.1. The molecule has 0 radical (unpaired) electrons. The maximum absolute atomic E-state index is 11.5. The lowest BCUT2D eigenvalue weighted by Gasteiger charge is -2.02. The first-order valence-corrected chi connectivity index (χ1v) is 5.48. The van der Waals surface area contributed by atoms with E-state index in [-0.39, 0.29) is 5.91 Å². The standard InChI is InChI=1S/C14H12N2O/c1-8-6-7-10-9-4-2-3-5-11(9)16-13(10)12(8)14(15)17/h2-7,16H,1H3,(H2,15,17). The number of aromatic nitrogens is 1. The second kappa shape index (κ2) is 3.35. The van der Waals surface area contributed by atoms with E-state index >= 15 is 0 Å². The van der Waals surface area contributed by atoms with Crippen LogP contribution < -0.4 is 5.73 Å². The van der Waals surface area contributed by atoms with Crippen molar-refractivity contribution in [1.82, 2.24) is 4.98 Å². The van der Waals surface area contributed by atoms with Gasteiger partial charge in [-0.2, -0.15) is 0 Å². The second-order valence-electron chi connectivity index (χ2n) is 4.21. The summed E-state index contributed by atoms with van der Waals surface area (Å²) < 4.78 is 0. The van der Waals surface area contributed by atoms with Crippen LogP contribution in [0.1, 0.15) is 15.9 Å². The highest BCUT2D eigenvalue weighted by molar-refractivity contribution is 6.15. The van der Waals surface area contributed by atoms with Gasteiger partial charge in [0.25, 0.3) is 5.91 Å². The van der Waals surface area contributed by atoms with Crippen molar-refractivity contribution in [3.63, 3.8) is 0 Å². The molecule has 17 heavy (non-hydrogen) atoms. The molecule has 1 heterocycles. The normalized spacial score (nSPS) is 11.1. The van der Waals surface area contributed by atoms with E-state index < -0.39 is 0 Å². The molecule has 3 aromatic rings. The zero-order valence-corrected chi connectivity index (χ0v) is 9.45. The number of primary amides is 1. The van der Waals surface area contributed by atoms with E-state index in [0.29, 0.717) is 5.56 Å². The van der Waals surface area contributed by atoms with Gasteiger partial charge in [-0.3, -0.25) is 4.79 Å². The zero-order chi connectivity index (χ0) is 12.0. The fourth-order valence-corrected chi connectivity index (χ4v) is 2.34. The van der Waals surface area contributed by atoms with Crippen LogP contribution in [0.2, 0.25) is 0 Å². The highest BCUT2D eigenvalue weighted by Crippen LogP contribution is 2.28. The van der Waals surface area contributed by atoms with E-state index in [0.717, 1.165) is 27.4 Å². The van der Waals surface area contributed by atoms with E-state index in [1.807, 2.05) is 43.3 Å². The molecule has 84 valence electrons. The number of aromatic amines is 1. The monoisotopic (exact) mass is 224 g/mol. The summed E-state index contributed by atoms with van der Waals surface area (Å²) >= 11 is 0. The lowest BCUT2D eigenvalue weighted by atomic mass is 10.0. The molecule has 0 bridgehead atoms. The molecule has 0 aliphatic carbocycles. The number of H-pyrrole nitrogens is 1. The SMILES string of the molecule is Cc1ccc2c([nH]c3ccccc32)c1C(N)=O. The topological polar surface area (TPSA) is 58.9 Å². The average molecular weight is 224 g/mol. The summed E-state index contributed by atoms with van der Waals surface area (Å²) in [5.41, 5.74) is 8.78. The molecule has 0 aliphatic heterocycles. The van der Waals surface area contributed by atoms with Gasteiger partial charge in [-0.25, -0.2) is 0 Å². The molecule has 2 aromatic carbocycles. The van der Waals surface area contributed by atoms with Crippen molar-refractivity contribution >= 4 is 27.7 Å². The molecular weight excluding hydrogens is 212 g/mol. The van der Waals surface area contributed by atoms with Gasteiger partial charge in [0.05, 0.1) is 11.1 Å². The number of amides is 1. The number of nitrogens with two attached hydrogens (primary N) is 1. The van der Waals surface area contributed by atoms with Crippen molar-refractivity contribution in [2.24, 2.45) is 5.73 Å². The first kappa shape index (κ1) is 9.90. The Morgan fingerprint density at radius 1 is 1.12 bits per heavy atom. The number of para-hydroxylation sites is 1. The third-order valence-electron chi connectivity index (χ3n) is 3.14. The Hall–Kier alpha value is -2.29. The molecule has 3 rings (SSSR count). The van der Waals surface area contributed by atoms with Crippen LogP contribution in [0.3, 0.4) is 0 Å². The minimum atomic E-state index is -0.389. The van der Waals surface area contributed by atoms with Gasteiger partial charge in [-0.1, -0.05) is 30.3 Å². The molecule has 3 heteroatoms. The predicted octanol–water partition coefficient (Wildman–Crippen LogP) is 2.73. The van der Waals surface area contributed by atoms with Gasteiger partial charge in [0, 0.05) is 16.3 Å². The Morgan fingerprint density at radius 3 is 2.65 bits per heavy atom. The summed E-state index contributed by atoms with van der Waals surface area (Å²) in [6.45, 7) is 1.89. The van der Waals surface area contributed by atoms with Crippen LogP contribution >= 0.6 is 0 Å². The van der Waals surface area contributed by atoms with Crippen molar-refractivity contribution in [2.45, 2.75) is 6.92 Å². The predicted molar refractivity (Wildman–Crippen MR) is 69.1 cm³/mol. The molecule has 3 N–H and O–H groups in total. The molecule has 0 saturated heterocycles. The number of nitrogens with one attached hydrogen (secondary N) is 1. The average Bonchev–Trinajstić information content (AvgIpc) is 2.66. The molecule has 0 atom stereocenters. The maximum atomic E-state index is 11.5. The van der Waals surface area contributed by atoms with Crippen molar-refractivity contribution in [3.8, 4) is 0 Å². The highest BCUT2D eigenvalue weighted by Gasteiger charge is 2.13. The number of fused-ring (bicyclic) bond motifs is 3. The van der Waals surface area contributed by atoms with Gasteiger partial charge in [0.1, 0.15) is 0 Å². The fourth-order valence-electron chi connectivity index (χ4n) is 2.34. The van der Waals surface area contributed by atoms with Crippen LogP contribution in [-0.2, 0) is 0 Å². The minimum absolute atomic E-state index is 0.389. The summed E-state index contributed by atoms with van der Waals surface area (Å²) in [4.78, 5) is 14.8. The summed E-state index contributed by atoms with van der Waals surface area (Å²) in [7, 11) is 0. The van der Waals surface area contributed by atoms with E-state index in [1.165, 1.54) is 0 Å². The lowest BCUT2D eigenvalue weighted by molar-refractivity contribution is 0.100. The minimum Gasteiger partial charge on any atom is -0.366 e. The van der Waals surface area contributed by atoms with E-state index in [9.17, 15) is 4.79 Å². The Morgan fingerprint density at radius 2 is 1.88 bits per heavy atom. The van der Waals surface area contributed by atoms with Gasteiger partial charge < -0.3 is 10.7 Å². The van der Waals surface area contributed by atoms with Crippen molar-refractivity contribution in [3.05, 3.63) is 47.5 Å². The molecule has 0 spiro atoms. The van der Waals surface area contributed by atoms with Gasteiger partial charge >= 0.3 is 0 Å². The number of benzene rings is 2. The first-order chi connectivity index (χ1) is 8.18. The summed E-state index contributed by atoms with van der Waals surface area (Å²) in [5, 5.41) is 2.16. The smallest absolute Gasteiger partial charge is 0.251 e. The summed E-state index contributed by atoms with van der Waals surface area (Å²) in [6.07, 6.45) is 0. The van der Waals surface area contributed by atoms with Gasteiger partial charge in [-0.05, 0) is 18.6 Å². The number of aryl methyl sites for hydroxylation is 1. The third kappa shape index (κ3) is 1.32. The first-order valence-electron chi connectivity index (χ1n) is 5.48. The van der Waals surface area contributed by atoms with Gasteiger partial charge in [0.15, 0.2) is 0 Å². The van der Waals surface area contributed by atoms with E-state index in [1.54, 1.807) is 0 Å². The van der Waals surface area contributed by atoms with Crippen LogP contribution in [0.25, 0.3) is 21.8 Å². The van der Waals surface area contributed by atoms with Crippen molar-refractivity contribution in [1.29, 1.82) is 0 Å². The number of hydrogen-bond donors (Lipinski definition) is 2. The molecule has 1 aromatic heterocycles. The molecule has 0 saturated carbocycles. The molecule has 1 amide bonds. The zero-order valence-electron chi connectivity index (χ0n) is 9.45. The van der Waals surface area contributed by atoms with Crippen LogP contribution in [0.5, 0.6) is 0 Å². The number of carbonyl (C=O) groups excluding carboxylic acids is 1. The Balaban J connectivity index is 2.56. The van der Waals surface area contributed by atoms with Crippen LogP contribution in [-0.4, -0.2) is 10.9 Å². The summed E-state index contributed by atoms with van der Waals surface area (Å²) in [6, 6.07) is 11.9. The largest absolute Gasteiger partial charge is 0.366 e. The lowest BCUT2D eigenvalue weighted by Crippen LogP contribution is -2.13. The number of carbonyl (C=O) groups is 1. The van der Waals surface area contributed by atoms with Crippen LogP contribution in [0.15, 0.2) is 36.4 Å². The third-order valence-corrected chi connectivity index (χ3v) is 3.14. The van der Waals surface area contributed by atoms with E-state index in [2.05, 4.69) is 4.98 Å². The van der Waals surface area contributed by atoms with E-state index in [4.69, 9.17) is 5.73 Å². The van der Waals surface area contributed by atoms with Crippen molar-refractivity contribution in [2.75, 3.05) is 0 Å². The number of hydrogen-bond acceptors (Lipinski definition) is 1. The molecule has 0 fully saturated rings. The van der Waals surface area contributed by atoms with Crippen LogP contribution in [0, 0.1) is 6.92 Å². The fraction of sp³-hybridized carbons (Fsp3) is 0.0714. The Kier molecular flexibility index (Phi) is 1.95. The molecular formula is C14H12N2O.